The third kappa shape index (κ3) is 6.95. The van der Waals surface area contributed by atoms with Crippen LogP contribution in [-0.2, 0) is 9.59 Å². The summed E-state index contributed by atoms with van der Waals surface area (Å²) in [7, 11) is 0. The van der Waals surface area contributed by atoms with Crippen molar-refractivity contribution < 1.29 is 18.8 Å². The highest BCUT2D eigenvalue weighted by molar-refractivity contribution is 5.96. The SMILES string of the molecule is O=C(NCCNC(=O)C1CCN(c2ccc(-c3ccc(F)cc3)nn2)CC1)c1ccc(NC(=O)C2CC2)cc1. The zero-order valence-corrected chi connectivity index (χ0v) is 21.5. The Morgan fingerprint density at radius 1 is 0.769 bits per heavy atom. The molecule has 0 radical (unpaired) electrons. The first-order valence-electron chi connectivity index (χ1n) is 13.3. The van der Waals surface area contributed by atoms with Crippen LogP contribution in [-0.4, -0.2) is 54.1 Å². The van der Waals surface area contributed by atoms with Crippen LogP contribution in [0, 0.1) is 17.7 Å². The largest absolute Gasteiger partial charge is 0.355 e. The fraction of sp³-hybridized carbons (Fsp3) is 0.345. The fourth-order valence-corrected chi connectivity index (χ4v) is 4.54. The normalized spacial score (nSPS) is 15.5. The van der Waals surface area contributed by atoms with E-state index in [0.717, 1.165) is 24.2 Å². The number of benzene rings is 2. The van der Waals surface area contributed by atoms with E-state index in [0.29, 0.717) is 56.0 Å². The van der Waals surface area contributed by atoms with Gasteiger partial charge in [-0.15, -0.1) is 10.2 Å². The molecule has 1 aliphatic carbocycles. The van der Waals surface area contributed by atoms with Crippen LogP contribution in [0.1, 0.15) is 36.0 Å². The van der Waals surface area contributed by atoms with Crippen molar-refractivity contribution in [2.45, 2.75) is 25.7 Å². The zero-order valence-electron chi connectivity index (χ0n) is 21.5. The van der Waals surface area contributed by atoms with Gasteiger partial charge in [-0.05, 0) is 86.3 Å². The van der Waals surface area contributed by atoms with Crippen LogP contribution in [0.2, 0.25) is 0 Å². The van der Waals surface area contributed by atoms with Gasteiger partial charge < -0.3 is 20.9 Å². The number of aromatic nitrogens is 2. The molecule has 1 saturated heterocycles. The standard InChI is InChI=1S/C29H31FN6O3/c30-23-7-3-19(4-8-23)25-11-12-26(35-34-25)36-17-13-22(14-18-36)28(38)32-16-15-31-27(37)20-5-9-24(10-6-20)33-29(39)21-1-2-21/h3-12,21-22H,1-2,13-18H2,(H,31,37)(H,32,38)(H,33,39). The average Bonchev–Trinajstić information content (AvgIpc) is 3.82. The van der Waals surface area contributed by atoms with E-state index in [1.807, 2.05) is 12.1 Å². The molecule has 2 aromatic carbocycles. The minimum atomic E-state index is -0.293. The Hall–Kier alpha value is -4.34. The van der Waals surface area contributed by atoms with Gasteiger partial charge >= 0.3 is 0 Å². The second kappa shape index (κ2) is 12.0. The van der Waals surface area contributed by atoms with Crippen LogP contribution in [0.3, 0.4) is 0 Å². The summed E-state index contributed by atoms with van der Waals surface area (Å²) < 4.78 is 13.1. The van der Waals surface area contributed by atoms with Crippen molar-refractivity contribution >= 4 is 29.2 Å². The molecule has 39 heavy (non-hydrogen) atoms. The van der Waals surface area contributed by atoms with E-state index >= 15 is 0 Å². The molecular weight excluding hydrogens is 499 g/mol. The van der Waals surface area contributed by atoms with Gasteiger partial charge in [0.1, 0.15) is 5.82 Å². The molecule has 1 aliphatic heterocycles. The number of nitrogens with zero attached hydrogens (tertiary/aromatic N) is 3. The summed E-state index contributed by atoms with van der Waals surface area (Å²) in [4.78, 5) is 39.0. The van der Waals surface area contributed by atoms with Gasteiger partial charge in [0.05, 0.1) is 5.69 Å². The quantitative estimate of drug-likeness (QED) is 0.365. The lowest BCUT2D eigenvalue weighted by Gasteiger charge is -2.31. The molecule has 9 nitrogen and oxygen atoms in total. The molecule has 2 heterocycles. The number of piperidine rings is 1. The maximum atomic E-state index is 13.1. The Kier molecular flexibility index (Phi) is 8.10. The smallest absolute Gasteiger partial charge is 0.251 e. The lowest BCUT2D eigenvalue weighted by molar-refractivity contribution is -0.125. The van der Waals surface area contributed by atoms with E-state index < -0.39 is 0 Å². The van der Waals surface area contributed by atoms with Crippen molar-refractivity contribution in [3.05, 3.63) is 72.0 Å². The molecule has 0 atom stereocenters. The van der Waals surface area contributed by atoms with Crippen LogP contribution in [0.4, 0.5) is 15.9 Å². The summed E-state index contributed by atoms with van der Waals surface area (Å²) in [5.74, 6) is 0.263. The molecule has 202 valence electrons. The number of nitrogens with one attached hydrogen (secondary N) is 3. The van der Waals surface area contributed by atoms with E-state index in [4.69, 9.17) is 0 Å². The maximum Gasteiger partial charge on any atom is 0.251 e. The third-order valence-electron chi connectivity index (χ3n) is 7.05. The second-order valence-electron chi connectivity index (χ2n) is 9.93. The molecule has 10 heteroatoms. The maximum absolute atomic E-state index is 13.1. The number of anilines is 2. The molecule has 3 aromatic rings. The summed E-state index contributed by atoms with van der Waals surface area (Å²) in [6, 6.07) is 16.7. The Balaban J connectivity index is 1.00. The van der Waals surface area contributed by atoms with Crippen molar-refractivity contribution in [1.29, 1.82) is 0 Å². The summed E-state index contributed by atoms with van der Waals surface area (Å²) in [6.45, 7) is 2.04. The molecule has 1 aromatic heterocycles. The zero-order chi connectivity index (χ0) is 27.2. The van der Waals surface area contributed by atoms with Gasteiger partial charge in [-0.25, -0.2) is 4.39 Å². The van der Waals surface area contributed by atoms with Crippen LogP contribution in [0.5, 0.6) is 0 Å². The van der Waals surface area contributed by atoms with Crippen molar-refractivity contribution in [1.82, 2.24) is 20.8 Å². The number of halogens is 1. The van der Waals surface area contributed by atoms with E-state index in [2.05, 4.69) is 31.0 Å². The molecular formula is C29H31FN6O3. The van der Waals surface area contributed by atoms with E-state index in [1.54, 1.807) is 36.4 Å². The molecule has 0 bridgehead atoms. The molecule has 3 amide bonds. The Labute approximate surface area is 226 Å². The van der Waals surface area contributed by atoms with Crippen LogP contribution in [0.15, 0.2) is 60.7 Å². The molecule has 5 rings (SSSR count). The topological polar surface area (TPSA) is 116 Å². The number of carbonyl (C=O) groups is 3. The van der Waals surface area contributed by atoms with Crippen molar-refractivity contribution in [3.63, 3.8) is 0 Å². The first-order chi connectivity index (χ1) is 19.0. The van der Waals surface area contributed by atoms with Crippen molar-refractivity contribution in [2.75, 3.05) is 36.4 Å². The minimum absolute atomic E-state index is 0.0163. The fourth-order valence-electron chi connectivity index (χ4n) is 4.54. The first kappa shape index (κ1) is 26.3. The van der Waals surface area contributed by atoms with Crippen molar-refractivity contribution in [2.24, 2.45) is 11.8 Å². The molecule has 2 fully saturated rings. The number of hydrogen-bond acceptors (Lipinski definition) is 6. The highest BCUT2D eigenvalue weighted by atomic mass is 19.1. The Bertz CT molecular complexity index is 1300. The number of amides is 3. The molecule has 3 N–H and O–H groups in total. The first-order valence-corrected chi connectivity index (χ1v) is 13.3. The van der Waals surface area contributed by atoms with Gasteiger partial charge in [-0.3, -0.25) is 14.4 Å². The lowest BCUT2D eigenvalue weighted by atomic mass is 9.96. The minimum Gasteiger partial charge on any atom is -0.355 e. The highest BCUT2D eigenvalue weighted by Crippen LogP contribution is 2.30. The molecule has 0 spiro atoms. The van der Waals surface area contributed by atoms with Gasteiger partial charge in [0.25, 0.3) is 5.91 Å². The third-order valence-corrected chi connectivity index (χ3v) is 7.05. The van der Waals surface area contributed by atoms with Crippen LogP contribution >= 0.6 is 0 Å². The van der Waals surface area contributed by atoms with Crippen LogP contribution in [0.25, 0.3) is 11.3 Å². The second-order valence-corrected chi connectivity index (χ2v) is 9.93. The molecule has 1 saturated carbocycles. The Morgan fingerprint density at radius 2 is 1.44 bits per heavy atom. The number of rotatable bonds is 9. The van der Waals surface area contributed by atoms with Gasteiger partial charge in [0.15, 0.2) is 5.82 Å². The number of hydrogen-bond donors (Lipinski definition) is 3. The summed E-state index contributed by atoms with van der Waals surface area (Å²) in [5.41, 5.74) is 2.64. The van der Waals surface area contributed by atoms with Gasteiger partial charge in [0.2, 0.25) is 11.8 Å². The predicted octanol–water partition coefficient (Wildman–Crippen LogP) is 3.39. The predicted molar refractivity (Wildman–Crippen MR) is 146 cm³/mol. The van der Waals surface area contributed by atoms with E-state index in [-0.39, 0.29) is 35.4 Å². The Morgan fingerprint density at radius 3 is 2.08 bits per heavy atom. The van der Waals surface area contributed by atoms with Gasteiger partial charge in [-0.2, -0.15) is 0 Å². The monoisotopic (exact) mass is 530 g/mol. The average molecular weight is 531 g/mol. The summed E-state index contributed by atoms with van der Waals surface area (Å²) >= 11 is 0. The summed E-state index contributed by atoms with van der Waals surface area (Å²) in [6.07, 6.45) is 3.27. The van der Waals surface area contributed by atoms with Crippen molar-refractivity contribution in [3.8, 4) is 11.3 Å². The summed E-state index contributed by atoms with van der Waals surface area (Å²) in [5, 5.41) is 17.2. The highest BCUT2D eigenvalue weighted by Gasteiger charge is 2.29. The van der Waals surface area contributed by atoms with Gasteiger partial charge in [-0.1, -0.05) is 0 Å². The lowest BCUT2D eigenvalue weighted by Crippen LogP contribution is -2.42. The molecule has 2 aliphatic rings. The number of carbonyl (C=O) groups excluding carboxylic acids is 3. The van der Waals surface area contributed by atoms with E-state index in [9.17, 15) is 18.8 Å². The van der Waals surface area contributed by atoms with Crippen LogP contribution < -0.4 is 20.9 Å². The van der Waals surface area contributed by atoms with E-state index in [1.165, 1.54) is 12.1 Å². The van der Waals surface area contributed by atoms with Gasteiger partial charge in [0, 0.05) is 54.8 Å². The molecule has 0 unspecified atom stereocenters.